The molecule has 2 aliphatic heterocycles. The Labute approximate surface area is 174 Å². The van der Waals surface area contributed by atoms with Gasteiger partial charge in [0, 0.05) is 21.7 Å². The van der Waals surface area contributed by atoms with Gasteiger partial charge in [-0.15, -0.1) is 11.3 Å². The van der Waals surface area contributed by atoms with Crippen LogP contribution in [-0.2, 0) is 9.59 Å². The Morgan fingerprint density at radius 1 is 0.966 bits per heavy atom. The van der Waals surface area contributed by atoms with Crippen LogP contribution in [-0.4, -0.2) is 18.6 Å². The van der Waals surface area contributed by atoms with Crippen molar-refractivity contribution in [2.45, 2.75) is 0 Å². The number of hydrogen-bond donors (Lipinski definition) is 1. The average molecular weight is 425 g/mol. The van der Waals surface area contributed by atoms with E-state index in [2.05, 4.69) is 5.32 Å². The van der Waals surface area contributed by atoms with E-state index in [1.807, 2.05) is 17.5 Å². The highest BCUT2D eigenvalue weighted by Crippen LogP contribution is 2.38. The molecule has 0 bridgehead atoms. The number of rotatable bonds is 4. The minimum absolute atomic E-state index is 0.156. The largest absolute Gasteiger partial charge is 0.454 e. The number of fused-ring (bicyclic) bond motifs is 1. The number of nitrogens with zero attached hydrogens (tertiary/aromatic N) is 1. The summed E-state index contributed by atoms with van der Waals surface area (Å²) < 4.78 is 10.7. The summed E-state index contributed by atoms with van der Waals surface area (Å²) in [5.74, 6) is 0.403. The van der Waals surface area contributed by atoms with E-state index >= 15 is 0 Å². The van der Waals surface area contributed by atoms with Crippen LogP contribution in [0.3, 0.4) is 0 Å². The van der Waals surface area contributed by atoms with E-state index in [1.54, 1.807) is 42.5 Å². The Morgan fingerprint density at radius 2 is 1.76 bits per heavy atom. The monoisotopic (exact) mass is 424 g/mol. The molecule has 2 aromatic carbocycles. The molecule has 5 rings (SSSR count). The summed E-state index contributed by atoms with van der Waals surface area (Å²) in [6.07, 6.45) is 0. The number of benzene rings is 2. The molecule has 1 N–H and O–H groups in total. The van der Waals surface area contributed by atoms with Crippen molar-refractivity contribution >= 4 is 51.7 Å². The Bertz CT molecular complexity index is 1160. The fraction of sp³-hybridized carbons (Fsp3) is 0.0476. The summed E-state index contributed by atoms with van der Waals surface area (Å²) in [5.41, 5.74) is 1.63. The maximum atomic E-state index is 13.2. The van der Waals surface area contributed by atoms with E-state index in [0.29, 0.717) is 38.3 Å². The number of amides is 2. The molecular weight excluding hydrogens is 412 g/mol. The highest BCUT2D eigenvalue weighted by atomic mass is 35.5. The van der Waals surface area contributed by atoms with Gasteiger partial charge >= 0.3 is 0 Å². The molecule has 8 heteroatoms. The van der Waals surface area contributed by atoms with Gasteiger partial charge in [-0.2, -0.15) is 0 Å². The molecule has 0 atom stereocenters. The zero-order valence-electron chi connectivity index (χ0n) is 14.8. The number of halogens is 1. The van der Waals surface area contributed by atoms with Crippen molar-refractivity contribution < 1.29 is 19.1 Å². The van der Waals surface area contributed by atoms with Gasteiger partial charge in [0.1, 0.15) is 5.70 Å². The lowest BCUT2D eigenvalue weighted by Crippen LogP contribution is -2.32. The summed E-state index contributed by atoms with van der Waals surface area (Å²) >= 11 is 7.35. The van der Waals surface area contributed by atoms with E-state index in [9.17, 15) is 9.59 Å². The summed E-state index contributed by atoms with van der Waals surface area (Å²) in [6, 6.07) is 15.5. The maximum absolute atomic E-state index is 13.2. The zero-order valence-corrected chi connectivity index (χ0v) is 16.4. The Morgan fingerprint density at radius 3 is 2.52 bits per heavy atom. The molecule has 0 saturated heterocycles. The zero-order chi connectivity index (χ0) is 20.0. The minimum atomic E-state index is -0.432. The molecule has 144 valence electrons. The molecule has 0 radical (unpaired) electrons. The van der Waals surface area contributed by atoms with Crippen LogP contribution < -0.4 is 19.7 Å². The maximum Gasteiger partial charge on any atom is 0.282 e. The molecule has 0 unspecified atom stereocenters. The standard InChI is InChI=1S/C21H13ClN2O4S/c22-12-3-6-14(7-4-12)24-20(25)18(17-2-1-9-29-17)19(21(24)26)23-13-5-8-15-16(10-13)28-11-27-15/h1-10,23H,11H2. The van der Waals surface area contributed by atoms with E-state index < -0.39 is 5.91 Å². The van der Waals surface area contributed by atoms with E-state index in [4.69, 9.17) is 21.1 Å². The second-order valence-electron chi connectivity index (χ2n) is 6.34. The quantitative estimate of drug-likeness (QED) is 0.623. The van der Waals surface area contributed by atoms with Gasteiger partial charge < -0.3 is 14.8 Å². The van der Waals surface area contributed by atoms with Gasteiger partial charge in [-0.1, -0.05) is 17.7 Å². The third-order valence-corrected chi connectivity index (χ3v) is 5.72. The van der Waals surface area contributed by atoms with Crippen LogP contribution in [0.5, 0.6) is 11.5 Å². The van der Waals surface area contributed by atoms with Gasteiger partial charge in [-0.25, -0.2) is 4.90 Å². The Balaban J connectivity index is 1.56. The van der Waals surface area contributed by atoms with Crippen molar-refractivity contribution in [3.8, 4) is 11.5 Å². The Hall–Kier alpha value is -3.29. The first-order chi connectivity index (χ1) is 14.1. The van der Waals surface area contributed by atoms with Crippen LogP contribution in [0, 0.1) is 0 Å². The van der Waals surface area contributed by atoms with E-state index in [-0.39, 0.29) is 18.4 Å². The van der Waals surface area contributed by atoms with Gasteiger partial charge in [0.15, 0.2) is 11.5 Å². The fourth-order valence-electron chi connectivity index (χ4n) is 3.24. The number of thiophene rings is 1. The van der Waals surface area contributed by atoms with Crippen LogP contribution in [0.25, 0.3) is 5.57 Å². The SMILES string of the molecule is O=C1C(Nc2ccc3c(c2)OCO3)=C(c2cccs2)C(=O)N1c1ccc(Cl)cc1. The fourth-order valence-corrected chi connectivity index (χ4v) is 4.13. The van der Waals surface area contributed by atoms with Crippen molar-refractivity contribution in [1.29, 1.82) is 0 Å². The van der Waals surface area contributed by atoms with Crippen LogP contribution in [0.2, 0.25) is 5.02 Å². The molecule has 0 fully saturated rings. The number of nitrogens with one attached hydrogen (secondary N) is 1. The molecule has 2 amide bonds. The van der Waals surface area contributed by atoms with Crippen molar-refractivity contribution in [2.75, 3.05) is 17.0 Å². The summed E-state index contributed by atoms with van der Waals surface area (Å²) in [4.78, 5) is 28.3. The van der Waals surface area contributed by atoms with Crippen molar-refractivity contribution in [2.24, 2.45) is 0 Å². The topological polar surface area (TPSA) is 67.9 Å². The highest BCUT2D eigenvalue weighted by molar-refractivity contribution is 7.11. The summed E-state index contributed by atoms with van der Waals surface area (Å²) in [7, 11) is 0. The Kier molecular flexibility index (Phi) is 4.26. The lowest BCUT2D eigenvalue weighted by molar-refractivity contribution is -0.120. The average Bonchev–Trinajstić information content (AvgIpc) is 3.44. The molecule has 0 spiro atoms. The number of hydrogen-bond acceptors (Lipinski definition) is 6. The number of anilines is 2. The first kappa shape index (κ1) is 17.8. The molecule has 1 aromatic heterocycles. The van der Waals surface area contributed by atoms with Crippen molar-refractivity contribution in [3.05, 3.63) is 75.6 Å². The van der Waals surface area contributed by atoms with E-state index in [1.165, 1.54) is 11.3 Å². The number of imide groups is 1. The summed E-state index contributed by atoms with van der Waals surface area (Å²) in [5, 5.41) is 5.50. The lowest BCUT2D eigenvalue weighted by atomic mass is 10.2. The van der Waals surface area contributed by atoms with Gasteiger partial charge in [0.05, 0.1) is 11.3 Å². The first-order valence-electron chi connectivity index (χ1n) is 8.71. The third-order valence-electron chi connectivity index (χ3n) is 4.58. The molecule has 0 saturated carbocycles. The molecular formula is C21H13ClN2O4S. The number of carbonyl (C=O) groups excluding carboxylic acids is 2. The normalized spacial score (nSPS) is 15.4. The smallest absolute Gasteiger partial charge is 0.282 e. The third kappa shape index (κ3) is 3.04. The number of ether oxygens (including phenoxy) is 2. The molecule has 3 aromatic rings. The predicted molar refractivity (Wildman–Crippen MR) is 111 cm³/mol. The molecule has 3 heterocycles. The molecule has 0 aliphatic carbocycles. The first-order valence-corrected chi connectivity index (χ1v) is 9.97. The molecule has 2 aliphatic rings. The van der Waals surface area contributed by atoms with Crippen LogP contribution >= 0.6 is 22.9 Å². The molecule has 29 heavy (non-hydrogen) atoms. The minimum Gasteiger partial charge on any atom is -0.454 e. The highest BCUT2D eigenvalue weighted by Gasteiger charge is 2.40. The van der Waals surface area contributed by atoms with Crippen LogP contribution in [0.15, 0.2) is 65.7 Å². The van der Waals surface area contributed by atoms with Gasteiger partial charge in [-0.3, -0.25) is 9.59 Å². The van der Waals surface area contributed by atoms with Gasteiger partial charge in [0.25, 0.3) is 11.8 Å². The summed E-state index contributed by atoms with van der Waals surface area (Å²) in [6.45, 7) is 0.156. The van der Waals surface area contributed by atoms with Gasteiger partial charge in [-0.05, 0) is 47.8 Å². The van der Waals surface area contributed by atoms with Crippen molar-refractivity contribution in [3.63, 3.8) is 0 Å². The second kappa shape index (κ2) is 6.95. The predicted octanol–water partition coefficient (Wildman–Crippen LogP) is 4.53. The second-order valence-corrected chi connectivity index (χ2v) is 7.73. The lowest BCUT2D eigenvalue weighted by Gasteiger charge is -2.15. The van der Waals surface area contributed by atoms with E-state index in [0.717, 1.165) is 4.90 Å². The van der Waals surface area contributed by atoms with Crippen molar-refractivity contribution in [1.82, 2.24) is 0 Å². The van der Waals surface area contributed by atoms with Crippen LogP contribution in [0.4, 0.5) is 11.4 Å². The van der Waals surface area contributed by atoms with Crippen LogP contribution in [0.1, 0.15) is 4.88 Å². The molecule has 6 nitrogen and oxygen atoms in total. The van der Waals surface area contributed by atoms with Gasteiger partial charge in [0.2, 0.25) is 6.79 Å². The number of carbonyl (C=O) groups is 2.